The number of nitrogens with zero attached hydrogens (tertiary/aromatic N) is 2. The molecule has 17 heavy (non-hydrogen) atoms. The molecule has 2 N–H and O–H groups in total. The molecule has 0 saturated carbocycles. The van der Waals surface area contributed by atoms with Gasteiger partial charge in [0.1, 0.15) is 0 Å². The molecule has 2 rings (SSSR count). The van der Waals surface area contributed by atoms with Gasteiger partial charge in [-0.1, -0.05) is 49.3 Å². The van der Waals surface area contributed by atoms with E-state index < -0.39 is 0 Å². The van der Waals surface area contributed by atoms with Crippen molar-refractivity contribution in [1.82, 2.24) is 10.1 Å². The minimum Gasteiger partial charge on any atom is -0.339 e. The minimum absolute atomic E-state index is 0.164. The van der Waals surface area contributed by atoms with Crippen LogP contribution in [0.15, 0.2) is 34.9 Å². The van der Waals surface area contributed by atoms with Crippen molar-refractivity contribution in [3.63, 3.8) is 0 Å². The molecule has 0 aliphatic heterocycles. The van der Waals surface area contributed by atoms with Crippen LogP contribution >= 0.6 is 0 Å². The molecule has 4 heteroatoms. The van der Waals surface area contributed by atoms with Crippen molar-refractivity contribution in [1.29, 1.82) is 0 Å². The van der Waals surface area contributed by atoms with Crippen LogP contribution < -0.4 is 5.73 Å². The van der Waals surface area contributed by atoms with E-state index in [0.29, 0.717) is 24.1 Å². The van der Waals surface area contributed by atoms with Crippen molar-refractivity contribution in [2.45, 2.75) is 26.3 Å². The lowest BCUT2D eigenvalue weighted by atomic mass is 10.1. The molecule has 0 aliphatic rings. The summed E-state index contributed by atoms with van der Waals surface area (Å²) in [5.41, 5.74) is 7.11. The van der Waals surface area contributed by atoms with E-state index in [1.54, 1.807) is 0 Å². The summed E-state index contributed by atoms with van der Waals surface area (Å²) in [5.74, 6) is 1.51. The average molecular weight is 231 g/mol. The topological polar surface area (TPSA) is 64.9 Å². The van der Waals surface area contributed by atoms with Gasteiger partial charge in [0.15, 0.2) is 5.82 Å². The van der Waals surface area contributed by atoms with Gasteiger partial charge in [0.2, 0.25) is 5.89 Å². The Kier molecular flexibility index (Phi) is 3.54. The highest BCUT2D eigenvalue weighted by molar-refractivity contribution is 5.18. The van der Waals surface area contributed by atoms with Crippen LogP contribution in [0.1, 0.15) is 37.2 Å². The third-order valence-corrected chi connectivity index (χ3v) is 2.70. The van der Waals surface area contributed by atoms with Gasteiger partial charge in [0.25, 0.3) is 0 Å². The minimum atomic E-state index is -0.164. The Labute approximate surface area is 101 Å². The summed E-state index contributed by atoms with van der Waals surface area (Å²) in [6, 6.07) is 9.87. The summed E-state index contributed by atoms with van der Waals surface area (Å²) >= 11 is 0. The molecule has 2 aromatic rings. The molecule has 0 radical (unpaired) electrons. The molecule has 1 heterocycles. The molecule has 90 valence electrons. The normalized spacial score (nSPS) is 12.9. The first kappa shape index (κ1) is 11.8. The SMILES string of the molecule is CC(C)C(N)c1noc(Cc2ccccc2)n1. The van der Waals surface area contributed by atoms with Gasteiger partial charge < -0.3 is 10.3 Å². The monoisotopic (exact) mass is 231 g/mol. The van der Waals surface area contributed by atoms with Gasteiger partial charge in [-0.2, -0.15) is 4.98 Å². The summed E-state index contributed by atoms with van der Waals surface area (Å²) in [4.78, 5) is 4.32. The molecule has 1 unspecified atom stereocenters. The first-order chi connectivity index (χ1) is 8.16. The van der Waals surface area contributed by atoms with E-state index in [0.717, 1.165) is 5.56 Å². The summed E-state index contributed by atoms with van der Waals surface area (Å²) in [5, 5.41) is 3.92. The molecule has 1 aromatic heterocycles. The Hall–Kier alpha value is -1.68. The second-order valence-corrected chi connectivity index (χ2v) is 4.48. The van der Waals surface area contributed by atoms with Gasteiger partial charge in [-0.25, -0.2) is 0 Å². The van der Waals surface area contributed by atoms with Crippen molar-refractivity contribution >= 4 is 0 Å². The lowest BCUT2D eigenvalue weighted by Crippen LogP contribution is -2.18. The van der Waals surface area contributed by atoms with Crippen LogP contribution in [0.3, 0.4) is 0 Å². The molecular weight excluding hydrogens is 214 g/mol. The number of benzene rings is 1. The fourth-order valence-corrected chi connectivity index (χ4v) is 1.54. The van der Waals surface area contributed by atoms with Gasteiger partial charge in [-0.05, 0) is 11.5 Å². The fourth-order valence-electron chi connectivity index (χ4n) is 1.54. The van der Waals surface area contributed by atoms with E-state index in [1.165, 1.54) is 0 Å². The van der Waals surface area contributed by atoms with Crippen molar-refractivity contribution in [2.75, 3.05) is 0 Å². The Morgan fingerprint density at radius 3 is 2.59 bits per heavy atom. The Bertz CT molecular complexity index is 465. The lowest BCUT2D eigenvalue weighted by Gasteiger charge is -2.09. The first-order valence-electron chi connectivity index (χ1n) is 5.79. The Morgan fingerprint density at radius 2 is 1.94 bits per heavy atom. The van der Waals surface area contributed by atoms with E-state index in [-0.39, 0.29) is 6.04 Å². The summed E-state index contributed by atoms with van der Waals surface area (Å²) in [7, 11) is 0. The Balaban J connectivity index is 2.09. The lowest BCUT2D eigenvalue weighted by molar-refractivity contribution is 0.368. The summed E-state index contributed by atoms with van der Waals surface area (Å²) < 4.78 is 5.20. The number of hydrogen-bond donors (Lipinski definition) is 1. The van der Waals surface area contributed by atoms with Crippen molar-refractivity contribution < 1.29 is 4.52 Å². The van der Waals surface area contributed by atoms with Crippen LogP contribution in [0.5, 0.6) is 0 Å². The first-order valence-corrected chi connectivity index (χ1v) is 5.79. The summed E-state index contributed by atoms with van der Waals surface area (Å²) in [6.45, 7) is 4.08. The van der Waals surface area contributed by atoms with Crippen molar-refractivity contribution in [3.8, 4) is 0 Å². The molecular formula is C13H17N3O. The second kappa shape index (κ2) is 5.10. The largest absolute Gasteiger partial charge is 0.339 e. The number of rotatable bonds is 4. The number of aromatic nitrogens is 2. The van der Waals surface area contributed by atoms with Crippen molar-refractivity contribution in [2.24, 2.45) is 11.7 Å². The maximum absolute atomic E-state index is 5.96. The third-order valence-electron chi connectivity index (χ3n) is 2.70. The highest BCUT2D eigenvalue weighted by Crippen LogP contribution is 2.16. The second-order valence-electron chi connectivity index (χ2n) is 4.48. The predicted molar refractivity (Wildman–Crippen MR) is 65.3 cm³/mol. The fraction of sp³-hybridized carbons (Fsp3) is 0.385. The van der Waals surface area contributed by atoms with E-state index in [2.05, 4.69) is 10.1 Å². The van der Waals surface area contributed by atoms with Crippen LogP contribution in [-0.2, 0) is 6.42 Å². The quantitative estimate of drug-likeness (QED) is 0.877. The molecule has 0 bridgehead atoms. The van der Waals surface area contributed by atoms with Gasteiger partial charge in [0, 0.05) is 0 Å². The molecule has 0 amide bonds. The zero-order valence-electron chi connectivity index (χ0n) is 10.1. The predicted octanol–water partition coefficient (Wildman–Crippen LogP) is 2.32. The highest BCUT2D eigenvalue weighted by atomic mass is 16.5. The highest BCUT2D eigenvalue weighted by Gasteiger charge is 2.17. The average Bonchev–Trinajstić information content (AvgIpc) is 2.77. The summed E-state index contributed by atoms with van der Waals surface area (Å²) in [6.07, 6.45) is 0.651. The molecule has 1 atom stereocenters. The zero-order chi connectivity index (χ0) is 12.3. The van der Waals surface area contributed by atoms with Gasteiger partial charge in [-0.3, -0.25) is 0 Å². The molecule has 0 fully saturated rings. The molecule has 4 nitrogen and oxygen atoms in total. The zero-order valence-corrected chi connectivity index (χ0v) is 10.1. The van der Waals surface area contributed by atoms with Crippen LogP contribution in [0.2, 0.25) is 0 Å². The maximum atomic E-state index is 5.96. The van der Waals surface area contributed by atoms with Crippen molar-refractivity contribution in [3.05, 3.63) is 47.6 Å². The van der Waals surface area contributed by atoms with Crippen LogP contribution in [-0.4, -0.2) is 10.1 Å². The maximum Gasteiger partial charge on any atom is 0.231 e. The van der Waals surface area contributed by atoms with Gasteiger partial charge in [-0.15, -0.1) is 0 Å². The Morgan fingerprint density at radius 1 is 1.24 bits per heavy atom. The third kappa shape index (κ3) is 2.91. The number of nitrogens with two attached hydrogens (primary N) is 1. The van der Waals surface area contributed by atoms with E-state index in [1.807, 2.05) is 44.2 Å². The van der Waals surface area contributed by atoms with E-state index in [9.17, 15) is 0 Å². The van der Waals surface area contributed by atoms with Gasteiger partial charge in [0.05, 0.1) is 12.5 Å². The van der Waals surface area contributed by atoms with E-state index >= 15 is 0 Å². The van der Waals surface area contributed by atoms with Crippen LogP contribution in [0.25, 0.3) is 0 Å². The van der Waals surface area contributed by atoms with Crippen LogP contribution in [0.4, 0.5) is 0 Å². The molecule has 0 aliphatic carbocycles. The van der Waals surface area contributed by atoms with Gasteiger partial charge >= 0.3 is 0 Å². The molecule has 0 spiro atoms. The van der Waals surface area contributed by atoms with E-state index in [4.69, 9.17) is 10.3 Å². The molecule has 0 saturated heterocycles. The van der Waals surface area contributed by atoms with Crippen LogP contribution in [0, 0.1) is 5.92 Å². The molecule has 1 aromatic carbocycles. The smallest absolute Gasteiger partial charge is 0.231 e. The standard InChI is InChI=1S/C13H17N3O/c1-9(2)12(14)13-15-11(17-16-13)8-10-6-4-3-5-7-10/h3-7,9,12H,8,14H2,1-2H3. The number of hydrogen-bond acceptors (Lipinski definition) is 4.